The molecule has 3 heterocycles. The number of amides is 1. The minimum absolute atomic E-state index is 0.193. The van der Waals surface area contributed by atoms with Crippen LogP contribution in [0.15, 0.2) is 30.6 Å². The van der Waals surface area contributed by atoms with Crippen LogP contribution in [0.3, 0.4) is 0 Å². The number of carbonyl (C=O) groups is 1. The molecule has 0 spiro atoms. The van der Waals surface area contributed by atoms with Gasteiger partial charge in [-0.15, -0.1) is 0 Å². The van der Waals surface area contributed by atoms with Crippen LogP contribution in [0.1, 0.15) is 21.7 Å². The molecule has 0 bridgehead atoms. The van der Waals surface area contributed by atoms with Crippen LogP contribution in [-0.4, -0.2) is 47.2 Å². The summed E-state index contributed by atoms with van der Waals surface area (Å²) in [7, 11) is 0. The van der Waals surface area contributed by atoms with Crippen molar-refractivity contribution in [2.75, 3.05) is 31.2 Å². The Labute approximate surface area is 134 Å². The van der Waals surface area contributed by atoms with Gasteiger partial charge in [0.05, 0.1) is 36.7 Å². The summed E-state index contributed by atoms with van der Waals surface area (Å²) in [6, 6.07) is 5.60. The Morgan fingerprint density at radius 2 is 2.13 bits per heavy atom. The fourth-order valence-electron chi connectivity index (χ4n) is 2.36. The summed E-state index contributed by atoms with van der Waals surface area (Å²) in [6.45, 7) is 5.09. The van der Waals surface area contributed by atoms with Crippen molar-refractivity contribution < 1.29 is 9.53 Å². The van der Waals surface area contributed by atoms with Gasteiger partial charge in [-0.1, -0.05) is 6.07 Å². The summed E-state index contributed by atoms with van der Waals surface area (Å²) in [5, 5.41) is 2.84. The lowest BCUT2D eigenvalue weighted by atomic mass is 10.2. The van der Waals surface area contributed by atoms with Gasteiger partial charge < -0.3 is 15.0 Å². The predicted molar refractivity (Wildman–Crippen MR) is 85.2 cm³/mol. The number of ether oxygens (including phenoxy) is 1. The monoisotopic (exact) mass is 313 g/mol. The first-order valence-electron chi connectivity index (χ1n) is 7.58. The highest BCUT2D eigenvalue weighted by Crippen LogP contribution is 2.13. The fraction of sp³-hybridized carbons (Fsp3) is 0.375. The summed E-state index contributed by atoms with van der Waals surface area (Å²) >= 11 is 0. The van der Waals surface area contributed by atoms with Crippen molar-refractivity contribution in [1.82, 2.24) is 20.3 Å². The van der Waals surface area contributed by atoms with E-state index >= 15 is 0 Å². The summed E-state index contributed by atoms with van der Waals surface area (Å²) < 4.78 is 5.32. The highest BCUT2D eigenvalue weighted by atomic mass is 16.5. The maximum atomic E-state index is 12.3. The molecular formula is C16H19N5O2. The van der Waals surface area contributed by atoms with Crippen molar-refractivity contribution >= 4 is 11.9 Å². The number of nitrogens with zero attached hydrogens (tertiary/aromatic N) is 4. The van der Waals surface area contributed by atoms with Crippen LogP contribution in [-0.2, 0) is 11.3 Å². The second-order valence-corrected chi connectivity index (χ2v) is 5.27. The van der Waals surface area contributed by atoms with Crippen molar-refractivity contribution in [2.24, 2.45) is 0 Å². The van der Waals surface area contributed by atoms with Crippen LogP contribution < -0.4 is 10.2 Å². The van der Waals surface area contributed by atoms with E-state index in [1.54, 1.807) is 12.4 Å². The van der Waals surface area contributed by atoms with Crippen LogP contribution >= 0.6 is 0 Å². The van der Waals surface area contributed by atoms with Gasteiger partial charge in [-0.3, -0.25) is 9.78 Å². The van der Waals surface area contributed by atoms with E-state index in [1.807, 2.05) is 25.1 Å². The van der Waals surface area contributed by atoms with Crippen molar-refractivity contribution in [3.63, 3.8) is 0 Å². The number of anilines is 1. The smallest absolute Gasteiger partial charge is 0.255 e. The molecular weight excluding hydrogens is 294 g/mol. The summed E-state index contributed by atoms with van der Waals surface area (Å²) in [4.78, 5) is 27.3. The van der Waals surface area contributed by atoms with Crippen LogP contribution in [0.25, 0.3) is 0 Å². The van der Waals surface area contributed by atoms with Gasteiger partial charge in [-0.25, -0.2) is 9.97 Å². The van der Waals surface area contributed by atoms with Crippen LogP contribution in [0.5, 0.6) is 0 Å². The number of aromatic nitrogens is 3. The van der Waals surface area contributed by atoms with Crippen LogP contribution in [0, 0.1) is 6.92 Å². The van der Waals surface area contributed by atoms with E-state index in [2.05, 4.69) is 25.2 Å². The summed E-state index contributed by atoms with van der Waals surface area (Å²) in [6.07, 6.45) is 3.29. The molecule has 1 aliphatic rings. The minimum atomic E-state index is -0.193. The predicted octanol–water partition coefficient (Wildman–Crippen LogP) is 0.947. The normalized spacial score (nSPS) is 14.6. The maximum absolute atomic E-state index is 12.3. The molecule has 7 heteroatoms. The SMILES string of the molecule is Cc1nc(N2CCOCC2)ncc1C(=O)NCc1ccccn1. The Morgan fingerprint density at radius 1 is 1.30 bits per heavy atom. The van der Waals surface area contributed by atoms with E-state index < -0.39 is 0 Å². The number of nitrogens with one attached hydrogen (secondary N) is 1. The minimum Gasteiger partial charge on any atom is -0.378 e. The molecule has 120 valence electrons. The van der Waals surface area contributed by atoms with Gasteiger partial charge in [0.25, 0.3) is 5.91 Å². The van der Waals surface area contributed by atoms with Crippen molar-refractivity contribution in [1.29, 1.82) is 0 Å². The molecule has 7 nitrogen and oxygen atoms in total. The fourth-order valence-corrected chi connectivity index (χ4v) is 2.36. The molecule has 1 fully saturated rings. The molecule has 1 amide bonds. The zero-order valence-corrected chi connectivity index (χ0v) is 13.0. The van der Waals surface area contributed by atoms with Gasteiger partial charge in [0.1, 0.15) is 0 Å². The molecule has 0 radical (unpaired) electrons. The van der Waals surface area contributed by atoms with Gasteiger partial charge in [0, 0.05) is 25.5 Å². The second-order valence-electron chi connectivity index (χ2n) is 5.27. The van der Waals surface area contributed by atoms with Crippen LogP contribution in [0.2, 0.25) is 0 Å². The van der Waals surface area contributed by atoms with E-state index in [9.17, 15) is 4.79 Å². The molecule has 3 rings (SSSR count). The maximum Gasteiger partial charge on any atom is 0.255 e. The Morgan fingerprint density at radius 3 is 2.83 bits per heavy atom. The highest BCUT2D eigenvalue weighted by Gasteiger charge is 2.17. The Hall–Kier alpha value is -2.54. The zero-order valence-electron chi connectivity index (χ0n) is 13.0. The molecule has 2 aromatic heterocycles. The molecule has 0 aromatic carbocycles. The van der Waals surface area contributed by atoms with Gasteiger partial charge in [-0.2, -0.15) is 0 Å². The molecule has 23 heavy (non-hydrogen) atoms. The second kappa shape index (κ2) is 7.15. The summed E-state index contributed by atoms with van der Waals surface area (Å²) in [5.41, 5.74) is 1.96. The number of carbonyl (C=O) groups excluding carboxylic acids is 1. The van der Waals surface area contributed by atoms with E-state index in [1.165, 1.54) is 0 Å². The van der Waals surface area contributed by atoms with E-state index in [0.717, 1.165) is 18.8 Å². The number of aryl methyl sites for hydroxylation is 1. The highest BCUT2D eigenvalue weighted by molar-refractivity contribution is 5.94. The van der Waals surface area contributed by atoms with Gasteiger partial charge >= 0.3 is 0 Å². The molecule has 0 saturated carbocycles. The number of rotatable bonds is 4. The zero-order chi connectivity index (χ0) is 16.1. The number of morpholine rings is 1. The first kappa shape index (κ1) is 15.4. The topological polar surface area (TPSA) is 80.2 Å². The van der Waals surface area contributed by atoms with Gasteiger partial charge in [-0.05, 0) is 19.1 Å². The Kier molecular flexibility index (Phi) is 4.77. The number of hydrogen-bond acceptors (Lipinski definition) is 6. The van der Waals surface area contributed by atoms with E-state index in [-0.39, 0.29) is 5.91 Å². The molecule has 1 saturated heterocycles. The first-order chi connectivity index (χ1) is 11.2. The molecule has 0 unspecified atom stereocenters. The number of hydrogen-bond donors (Lipinski definition) is 1. The Bertz CT molecular complexity index is 671. The third-order valence-corrected chi connectivity index (χ3v) is 3.66. The molecule has 2 aromatic rings. The third-order valence-electron chi connectivity index (χ3n) is 3.66. The largest absolute Gasteiger partial charge is 0.378 e. The van der Waals surface area contributed by atoms with Crippen molar-refractivity contribution in [2.45, 2.75) is 13.5 Å². The lowest BCUT2D eigenvalue weighted by molar-refractivity contribution is 0.0948. The average Bonchev–Trinajstić information content (AvgIpc) is 2.61. The van der Waals surface area contributed by atoms with E-state index in [0.29, 0.717) is 37.0 Å². The standard InChI is InChI=1S/C16H19N5O2/c1-12-14(15(22)18-10-13-4-2-3-5-17-13)11-19-16(20-12)21-6-8-23-9-7-21/h2-5,11H,6-10H2,1H3,(H,18,22). The molecule has 1 N–H and O–H groups in total. The average molecular weight is 313 g/mol. The first-order valence-corrected chi connectivity index (χ1v) is 7.58. The molecule has 1 aliphatic heterocycles. The van der Waals surface area contributed by atoms with Gasteiger partial charge in [0.2, 0.25) is 5.95 Å². The van der Waals surface area contributed by atoms with Crippen LogP contribution in [0.4, 0.5) is 5.95 Å². The van der Waals surface area contributed by atoms with Crippen molar-refractivity contribution in [3.8, 4) is 0 Å². The van der Waals surface area contributed by atoms with Gasteiger partial charge in [0.15, 0.2) is 0 Å². The lowest BCUT2D eigenvalue weighted by Crippen LogP contribution is -2.37. The summed E-state index contributed by atoms with van der Waals surface area (Å²) in [5.74, 6) is 0.453. The third kappa shape index (κ3) is 3.81. The quantitative estimate of drug-likeness (QED) is 0.905. The van der Waals surface area contributed by atoms with Crippen molar-refractivity contribution in [3.05, 3.63) is 47.5 Å². The number of pyridine rings is 1. The molecule has 0 atom stereocenters. The Balaban J connectivity index is 1.66. The molecule has 0 aliphatic carbocycles. The lowest BCUT2D eigenvalue weighted by Gasteiger charge is -2.27. The van der Waals surface area contributed by atoms with E-state index in [4.69, 9.17) is 4.74 Å².